The van der Waals surface area contributed by atoms with Gasteiger partial charge in [-0.05, 0) is 80.7 Å². The van der Waals surface area contributed by atoms with Crippen LogP contribution in [0.15, 0.2) is 66.7 Å². The molecule has 0 atom stereocenters. The number of rotatable bonds is 6. The monoisotopic (exact) mass is 512 g/mol. The second-order valence-corrected chi connectivity index (χ2v) is 8.49. The summed E-state index contributed by atoms with van der Waals surface area (Å²) in [4.78, 5) is 30.2. The van der Waals surface area contributed by atoms with Crippen molar-refractivity contribution in [2.45, 2.75) is 6.42 Å². The van der Waals surface area contributed by atoms with Crippen LogP contribution in [0.5, 0.6) is 5.75 Å². The summed E-state index contributed by atoms with van der Waals surface area (Å²) in [5.74, 6) is -0.913. The van der Waals surface area contributed by atoms with Crippen LogP contribution in [0.25, 0.3) is 0 Å². The Morgan fingerprint density at radius 2 is 1.47 bits per heavy atom. The zero-order valence-corrected chi connectivity index (χ0v) is 21.1. The Hall–Kier alpha value is -3.62. The molecule has 7 nitrogen and oxygen atoms in total. The standard InChI is InChI=1S/C27H29FN4O3.ClH/c1-31-15-4-16-32(18-17-31)21-11-7-19(8-12-21)27(34)30-25-23(28)5-3-6-24(25)29-26(33)20-9-13-22(35-2)14-10-20;/h3,5-14H,4,15-18H2,1-2H3,(H,29,33)(H,30,34);1H. The third-order valence-corrected chi connectivity index (χ3v) is 6.07. The van der Waals surface area contributed by atoms with Crippen molar-refractivity contribution < 1.29 is 18.7 Å². The lowest BCUT2D eigenvalue weighted by molar-refractivity contribution is 0.101. The summed E-state index contributed by atoms with van der Waals surface area (Å²) in [7, 11) is 3.66. The Morgan fingerprint density at radius 1 is 0.833 bits per heavy atom. The fraction of sp³-hybridized carbons (Fsp3) is 0.259. The number of nitrogens with zero attached hydrogens (tertiary/aromatic N) is 2. The number of carbonyl (C=O) groups is 2. The van der Waals surface area contributed by atoms with Gasteiger partial charge in [0.1, 0.15) is 17.3 Å². The van der Waals surface area contributed by atoms with Crippen LogP contribution in [-0.4, -0.2) is 57.1 Å². The SMILES string of the molecule is COc1ccc(C(=O)Nc2cccc(F)c2NC(=O)c2ccc(N3CCCN(C)CC3)cc2)cc1.Cl. The Labute approximate surface area is 216 Å². The average Bonchev–Trinajstić information content (AvgIpc) is 3.10. The number of methoxy groups -OCH3 is 1. The number of amides is 2. The highest BCUT2D eigenvalue weighted by Gasteiger charge is 2.17. The van der Waals surface area contributed by atoms with E-state index in [0.717, 1.165) is 38.3 Å². The summed E-state index contributed by atoms with van der Waals surface area (Å²) in [6.45, 7) is 3.94. The van der Waals surface area contributed by atoms with E-state index < -0.39 is 17.6 Å². The smallest absolute Gasteiger partial charge is 0.255 e. The lowest BCUT2D eigenvalue weighted by atomic mass is 10.1. The van der Waals surface area contributed by atoms with Crippen molar-refractivity contribution in [1.82, 2.24) is 4.90 Å². The van der Waals surface area contributed by atoms with Gasteiger partial charge >= 0.3 is 0 Å². The first kappa shape index (κ1) is 27.0. The number of hydrogen-bond donors (Lipinski definition) is 2. The molecule has 0 unspecified atom stereocenters. The molecule has 1 saturated heterocycles. The van der Waals surface area contributed by atoms with E-state index in [1.165, 1.54) is 19.2 Å². The molecule has 1 aliphatic rings. The van der Waals surface area contributed by atoms with E-state index in [0.29, 0.717) is 16.9 Å². The minimum absolute atomic E-state index is 0. The van der Waals surface area contributed by atoms with Gasteiger partial charge in [-0.25, -0.2) is 4.39 Å². The lowest BCUT2D eigenvalue weighted by Gasteiger charge is -2.23. The number of nitrogens with one attached hydrogen (secondary N) is 2. The van der Waals surface area contributed by atoms with Gasteiger partial charge in [-0.2, -0.15) is 0 Å². The van der Waals surface area contributed by atoms with Crippen molar-refractivity contribution in [1.29, 1.82) is 0 Å². The molecule has 1 aliphatic heterocycles. The van der Waals surface area contributed by atoms with Gasteiger partial charge in [0.2, 0.25) is 0 Å². The average molecular weight is 513 g/mol. The highest BCUT2D eigenvalue weighted by Crippen LogP contribution is 2.27. The third kappa shape index (κ3) is 6.53. The van der Waals surface area contributed by atoms with E-state index in [1.807, 2.05) is 12.1 Å². The van der Waals surface area contributed by atoms with Gasteiger partial charge in [0.05, 0.1) is 12.8 Å². The summed E-state index contributed by atoms with van der Waals surface area (Å²) in [5.41, 5.74) is 1.91. The van der Waals surface area contributed by atoms with Gasteiger partial charge in [-0.3, -0.25) is 9.59 Å². The summed E-state index contributed by atoms with van der Waals surface area (Å²) < 4.78 is 19.8. The van der Waals surface area contributed by atoms with Crippen LogP contribution in [0.3, 0.4) is 0 Å². The Kier molecular flexibility index (Phi) is 9.27. The number of anilines is 3. The van der Waals surface area contributed by atoms with E-state index in [1.54, 1.807) is 42.5 Å². The summed E-state index contributed by atoms with van der Waals surface area (Å²) in [5, 5.41) is 5.29. The van der Waals surface area contributed by atoms with Crippen LogP contribution < -0.4 is 20.3 Å². The molecule has 0 radical (unpaired) electrons. The van der Waals surface area contributed by atoms with Crippen LogP contribution in [0.2, 0.25) is 0 Å². The molecule has 1 fully saturated rings. The Balaban J connectivity index is 0.00000361. The molecule has 0 saturated carbocycles. The van der Waals surface area contributed by atoms with E-state index in [9.17, 15) is 14.0 Å². The summed E-state index contributed by atoms with van der Waals surface area (Å²) in [6.07, 6.45) is 1.08. The van der Waals surface area contributed by atoms with Gasteiger partial charge in [-0.1, -0.05) is 6.07 Å². The van der Waals surface area contributed by atoms with Crippen molar-refractivity contribution in [3.05, 3.63) is 83.7 Å². The Bertz CT molecular complexity index is 1190. The molecule has 190 valence electrons. The molecule has 36 heavy (non-hydrogen) atoms. The van der Waals surface area contributed by atoms with Gasteiger partial charge < -0.3 is 25.2 Å². The van der Waals surface area contributed by atoms with Crippen LogP contribution in [0.1, 0.15) is 27.1 Å². The minimum Gasteiger partial charge on any atom is -0.497 e. The van der Waals surface area contributed by atoms with E-state index >= 15 is 0 Å². The molecule has 2 N–H and O–H groups in total. The van der Waals surface area contributed by atoms with Gasteiger partial charge in [0, 0.05) is 36.4 Å². The molecule has 0 aromatic heterocycles. The third-order valence-electron chi connectivity index (χ3n) is 6.07. The van der Waals surface area contributed by atoms with Crippen LogP contribution >= 0.6 is 12.4 Å². The second-order valence-electron chi connectivity index (χ2n) is 8.49. The number of carbonyl (C=O) groups excluding carboxylic acids is 2. The van der Waals surface area contributed by atoms with Crippen LogP contribution in [0, 0.1) is 5.82 Å². The maximum absolute atomic E-state index is 14.7. The molecule has 0 spiro atoms. The predicted molar refractivity (Wildman–Crippen MR) is 143 cm³/mol. The van der Waals surface area contributed by atoms with E-state index in [2.05, 4.69) is 27.5 Å². The number of likely N-dealkylation sites (N-methyl/N-ethyl adjacent to an activating group) is 1. The molecule has 4 rings (SSSR count). The normalized spacial score (nSPS) is 13.8. The zero-order valence-electron chi connectivity index (χ0n) is 20.3. The van der Waals surface area contributed by atoms with Gasteiger partial charge in [0.15, 0.2) is 0 Å². The number of halogens is 2. The van der Waals surface area contributed by atoms with E-state index in [-0.39, 0.29) is 23.8 Å². The molecule has 3 aromatic rings. The van der Waals surface area contributed by atoms with Gasteiger partial charge in [0.25, 0.3) is 11.8 Å². The van der Waals surface area contributed by atoms with Crippen molar-refractivity contribution >= 4 is 41.3 Å². The molecule has 3 aromatic carbocycles. The molecule has 0 aliphatic carbocycles. The Morgan fingerprint density at radius 3 is 2.14 bits per heavy atom. The fourth-order valence-corrected chi connectivity index (χ4v) is 4.01. The fourth-order valence-electron chi connectivity index (χ4n) is 4.01. The van der Waals surface area contributed by atoms with Crippen molar-refractivity contribution in [3.8, 4) is 5.75 Å². The maximum atomic E-state index is 14.7. The van der Waals surface area contributed by atoms with E-state index in [4.69, 9.17) is 4.74 Å². The highest BCUT2D eigenvalue weighted by atomic mass is 35.5. The highest BCUT2D eigenvalue weighted by molar-refractivity contribution is 6.10. The van der Waals surface area contributed by atoms with Crippen molar-refractivity contribution in [3.63, 3.8) is 0 Å². The summed E-state index contributed by atoms with van der Waals surface area (Å²) >= 11 is 0. The summed E-state index contributed by atoms with van der Waals surface area (Å²) in [6, 6.07) is 18.1. The minimum atomic E-state index is -0.642. The van der Waals surface area contributed by atoms with Gasteiger partial charge in [-0.15, -0.1) is 12.4 Å². The first-order valence-electron chi connectivity index (χ1n) is 11.5. The second kappa shape index (κ2) is 12.4. The first-order valence-corrected chi connectivity index (χ1v) is 11.5. The predicted octanol–water partition coefficient (Wildman–Crippen LogP) is 4.90. The lowest BCUT2D eigenvalue weighted by Crippen LogP contribution is -2.28. The quantitative estimate of drug-likeness (QED) is 0.491. The molecule has 0 bridgehead atoms. The number of ether oxygens (including phenoxy) is 1. The largest absolute Gasteiger partial charge is 0.497 e. The molecule has 1 heterocycles. The van der Waals surface area contributed by atoms with Crippen LogP contribution in [0.4, 0.5) is 21.5 Å². The van der Waals surface area contributed by atoms with Crippen molar-refractivity contribution in [2.24, 2.45) is 0 Å². The number of hydrogen-bond acceptors (Lipinski definition) is 5. The topological polar surface area (TPSA) is 73.9 Å². The first-order chi connectivity index (χ1) is 16.9. The maximum Gasteiger partial charge on any atom is 0.255 e. The van der Waals surface area contributed by atoms with Crippen molar-refractivity contribution in [2.75, 3.05) is 55.9 Å². The molecule has 9 heteroatoms. The molecule has 2 amide bonds. The zero-order chi connectivity index (χ0) is 24.8. The van der Waals surface area contributed by atoms with Crippen LogP contribution in [-0.2, 0) is 0 Å². The molecular formula is C27H30ClFN4O3. The molecular weight excluding hydrogens is 483 g/mol. The number of benzene rings is 3. The number of para-hydroxylation sites is 1.